The number of carbonyl (C=O) groups is 2. The molecule has 6 nitrogen and oxygen atoms in total. The van der Waals surface area contributed by atoms with Crippen LogP contribution in [0, 0.1) is 0 Å². The summed E-state index contributed by atoms with van der Waals surface area (Å²) in [5, 5.41) is 5.18. The summed E-state index contributed by atoms with van der Waals surface area (Å²) >= 11 is 1.31. The van der Waals surface area contributed by atoms with E-state index in [2.05, 4.69) is 5.32 Å². The molecular formula is C20H25NO5S. The van der Waals surface area contributed by atoms with Gasteiger partial charge in [-0.2, -0.15) is 0 Å². The molecule has 1 aromatic heterocycles. The van der Waals surface area contributed by atoms with Crippen molar-refractivity contribution in [1.29, 1.82) is 0 Å². The molecule has 0 aliphatic heterocycles. The second kappa shape index (κ2) is 9.97. The summed E-state index contributed by atoms with van der Waals surface area (Å²) < 4.78 is 15.8. The standard InChI is InChI=1S/C20H25NO5S/c1-5-7-8-17(22)21-19-18(20(23)26-6-2)14(12-27-19)13-9-10-15(24-3)16(11-13)25-4/h9-12H,5-8H2,1-4H3,(H,21,22). The Bertz CT molecular complexity index is 800. The van der Waals surface area contributed by atoms with Gasteiger partial charge in [0.25, 0.3) is 0 Å². The maximum atomic E-state index is 12.6. The predicted octanol–water partition coefficient (Wildman–Crippen LogP) is 4.74. The molecule has 0 spiro atoms. The number of anilines is 1. The van der Waals surface area contributed by atoms with Crippen LogP contribution >= 0.6 is 11.3 Å². The number of methoxy groups -OCH3 is 2. The van der Waals surface area contributed by atoms with E-state index in [1.165, 1.54) is 11.3 Å². The molecule has 0 aliphatic rings. The van der Waals surface area contributed by atoms with Crippen molar-refractivity contribution in [2.45, 2.75) is 33.1 Å². The lowest BCUT2D eigenvalue weighted by Crippen LogP contribution is -2.14. The summed E-state index contributed by atoms with van der Waals surface area (Å²) in [6.45, 7) is 4.03. The quantitative estimate of drug-likeness (QED) is 0.625. The molecule has 0 saturated carbocycles. The van der Waals surface area contributed by atoms with Crippen molar-refractivity contribution in [2.75, 3.05) is 26.1 Å². The van der Waals surface area contributed by atoms with E-state index in [0.717, 1.165) is 18.4 Å². The Balaban J connectivity index is 2.44. The van der Waals surface area contributed by atoms with Gasteiger partial charge in [-0.05, 0) is 31.0 Å². The first-order valence-electron chi connectivity index (χ1n) is 8.86. The lowest BCUT2D eigenvalue weighted by atomic mass is 10.0. The Kier molecular flexibility index (Phi) is 7.67. The summed E-state index contributed by atoms with van der Waals surface area (Å²) in [6, 6.07) is 5.42. The summed E-state index contributed by atoms with van der Waals surface area (Å²) in [7, 11) is 3.12. The van der Waals surface area contributed by atoms with Crippen molar-refractivity contribution in [3.8, 4) is 22.6 Å². The zero-order valence-electron chi connectivity index (χ0n) is 16.1. The molecule has 0 atom stereocenters. The minimum atomic E-state index is -0.464. The van der Waals surface area contributed by atoms with Crippen LogP contribution in [0.5, 0.6) is 11.5 Å². The Morgan fingerprint density at radius 1 is 1.11 bits per heavy atom. The van der Waals surface area contributed by atoms with Gasteiger partial charge in [0.1, 0.15) is 10.6 Å². The van der Waals surface area contributed by atoms with Crippen LogP contribution in [0.2, 0.25) is 0 Å². The first-order chi connectivity index (χ1) is 13.0. The number of hydrogen-bond donors (Lipinski definition) is 1. The van der Waals surface area contributed by atoms with Crippen LogP contribution in [0.3, 0.4) is 0 Å². The molecule has 0 radical (unpaired) electrons. The van der Waals surface area contributed by atoms with Gasteiger partial charge in [0.15, 0.2) is 11.5 Å². The highest BCUT2D eigenvalue weighted by atomic mass is 32.1. The van der Waals surface area contributed by atoms with E-state index in [-0.39, 0.29) is 12.5 Å². The normalized spacial score (nSPS) is 10.4. The monoisotopic (exact) mass is 391 g/mol. The molecule has 1 N–H and O–H groups in total. The van der Waals surface area contributed by atoms with E-state index in [1.807, 2.05) is 18.4 Å². The van der Waals surface area contributed by atoms with E-state index >= 15 is 0 Å². The largest absolute Gasteiger partial charge is 0.493 e. The van der Waals surface area contributed by atoms with Crippen molar-refractivity contribution in [1.82, 2.24) is 0 Å². The van der Waals surface area contributed by atoms with Crippen molar-refractivity contribution in [3.63, 3.8) is 0 Å². The van der Waals surface area contributed by atoms with E-state index in [1.54, 1.807) is 33.3 Å². The summed E-state index contributed by atoms with van der Waals surface area (Å²) in [5.74, 6) is 0.587. The second-order valence-electron chi connectivity index (χ2n) is 5.80. The van der Waals surface area contributed by atoms with E-state index < -0.39 is 5.97 Å². The predicted molar refractivity (Wildman–Crippen MR) is 107 cm³/mol. The fourth-order valence-corrected chi connectivity index (χ4v) is 3.57. The number of rotatable bonds is 9. The Hall–Kier alpha value is -2.54. The second-order valence-corrected chi connectivity index (χ2v) is 6.68. The van der Waals surface area contributed by atoms with Gasteiger partial charge in [0, 0.05) is 17.4 Å². The van der Waals surface area contributed by atoms with Crippen LogP contribution < -0.4 is 14.8 Å². The Labute approximate surface area is 163 Å². The lowest BCUT2D eigenvalue weighted by Gasteiger charge is -2.11. The molecule has 0 unspecified atom stereocenters. The number of thiophene rings is 1. The first kappa shape index (κ1) is 20.8. The highest BCUT2D eigenvalue weighted by Gasteiger charge is 2.23. The van der Waals surface area contributed by atoms with Crippen LogP contribution in [0.25, 0.3) is 11.1 Å². The number of carbonyl (C=O) groups excluding carboxylic acids is 2. The average Bonchev–Trinajstić information content (AvgIpc) is 3.09. The number of benzene rings is 1. The molecule has 0 fully saturated rings. The minimum absolute atomic E-state index is 0.108. The Morgan fingerprint density at radius 3 is 2.48 bits per heavy atom. The van der Waals surface area contributed by atoms with Crippen LogP contribution in [0.4, 0.5) is 5.00 Å². The van der Waals surface area contributed by atoms with Gasteiger partial charge in [-0.25, -0.2) is 4.79 Å². The maximum Gasteiger partial charge on any atom is 0.341 e. The maximum absolute atomic E-state index is 12.6. The van der Waals surface area contributed by atoms with Gasteiger partial charge in [-0.1, -0.05) is 19.4 Å². The third-order valence-corrected chi connectivity index (χ3v) is 4.87. The molecule has 2 aromatic rings. The fraction of sp³-hybridized carbons (Fsp3) is 0.400. The number of unbranched alkanes of at least 4 members (excludes halogenated alkanes) is 1. The van der Waals surface area contributed by atoms with Gasteiger partial charge in [0.2, 0.25) is 5.91 Å². The summed E-state index contributed by atoms with van der Waals surface area (Å²) in [6.07, 6.45) is 2.15. The van der Waals surface area contributed by atoms with E-state index in [0.29, 0.717) is 34.0 Å². The smallest absolute Gasteiger partial charge is 0.341 e. The van der Waals surface area contributed by atoms with Gasteiger partial charge in [-0.3, -0.25) is 4.79 Å². The average molecular weight is 391 g/mol. The molecule has 146 valence electrons. The number of esters is 1. The van der Waals surface area contributed by atoms with Crippen molar-refractivity contribution in [3.05, 3.63) is 29.1 Å². The van der Waals surface area contributed by atoms with Crippen LogP contribution in [0.1, 0.15) is 43.5 Å². The molecule has 0 bridgehead atoms. The van der Waals surface area contributed by atoms with Gasteiger partial charge in [0.05, 0.1) is 20.8 Å². The zero-order valence-corrected chi connectivity index (χ0v) is 16.9. The third kappa shape index (κ3) is 5.01. The van der Waals surface area contributed by atoms with Crippen LogP contribution in [0.15, 0.2) is 23.6 Å². The highest BCUT2D eigenvalue weighted by Crippen LogP contribution is 2.39. The Morgan fingerprint density at radius 2 is 1.85 bits per heavy atom. The highest BCUT2D eigenvalue weighted by molar-refractivity contribution is 7.15. The van der Waals surface area contributed by atoms with E-state index in [9.17, 15) is 9.59 Å². The topological polar surface area (TPSA) is 73.9 Å². The van der Waals surface area contributed by atoms with E-state index in [4.69, 9.17) is 14.2 Å². The third-order valence-electron chi connectivity index (χ3n) is 3.98. The first-order valence-corrected chi connectivity index (χ1v) is 9.74. The minimum Gasteiger partial charge on any atom is -0.493 e. The van der Waals surface area contributed by atoms with Crippen molar-refractivity contribution in [2.24, 2.45) is 0 Å². The molecule has 0 aliphatic carbocycles. The number of nitrogens with one attached hydrogen (secondary N) is 1. The van der Waals surface area contributed by atoms with Crippen LogP contribution in [-0.4, -0.2) is 32.7 Å². The molecule has 1 amide bonds. The number of hydrogen-bond acceptors (Lipinski definition) is 6. The molecule has 7 heteroatoms. The van der Waals surface area contributed by atoms with Crippen molar-refractivity contribution < 1.29 is 23.8 Å². The number of ether oxygens (including phenoxy) is 3. The molecule has 1 heterocycles. The fourth-order valence-electron chi connectivity index (χ4n) is 2.60. The van der Waals surface area contributed by atoms with Gasteiger partial charge >= 0.3 is 5.97 Å². The number of amides is 1. The zero-order chi connectivity index (χ0) is 19.8. The van der Waals surface area contributed by atoms with Crippen molar-refractivity contribution >= 4 is 28.2 Å². The van der Waals surface area contributed by atoms with Gasteiger partial charge < -0.3 is 19.5 Å². The molecule has 1 aromatic carbocycles. The summed E-state index contributed by atoms with van der Waals surface area (Å²) in [4.78, 5) is 24.7. The molecule has 0 saturated heterocycles. The molecule has 27 heavy (non-hydrogen) atoms. The molecule has 2 rings (SSSR count). The molecular weight excluding hydrogens is 366 g/mol. The SMILES string of the molecule is CCCCC(=O)Nc1scc(-c2ccc(OC)c(OC)c2)c1C(=O)OCC. The summed E-state index contributed by atoms with van der Waals surface area (Å²) in [5.41, 5.74) is 1.82. The van der Waals surface area contributed by atoms with Gasteiger partial charge in [-0.15, -0.1) is 11.3 Å². The van der Waals surface area contributed by atoms with Crippen LogP contribution in [-0.2, 0) is 9.53 Å². The lowest BCUT2D eigenvalue weighted by molar-refractivity contribution is -0.116.